The van der Waals surface area contributed by atoms with Gasteiger partial charge in [-0.1, -0.05) is 85.8 Å². The molecule has 0 aliphatic heterocycles. The topological polar surface area (TPSA) is 73.3 Å². The van der Waals surface area contributed by atoms with Crippen molar-refractivity contribution in [1.82, 2.24) is 4.57 Å². The molecule has 11 aromatic carbocycles. The summed E-state index contributed by atoms with van der Waals surface area (Å²) in [6, 6.07) is 92.5. The first kappa shape index (κ1) is 63.6. The van der Waals surface area contributed by atoms with E-state index in [1.807, 2.05) is 73.7 Å². The predicted octanol–water partition coefficient (Wildman–Crippen LogP) is 22.1. The minimum atomic E-state index is 0.515. The number of methoxy groups -OCH3 is 6. The average Bonchev–Trinajstić information content (AvgIpc) is 1.60. The Morgan fingerprint density at radius 2 is 0.784 bits per heavy atom. The molecule has 480 valence electrons. The number of hydrogen-bond donors (Lipinski definition) is 0. The monoisotopic (exact) mass is 1270 g/mol. The van der Waals surface area contributed by atoms with E-state index in [2.05, 4.69) is 261 Å². The molecule has 1 aromatic heterocycles. The Balaban J connectivity index is 0.874. The lowest BCUT2D eigenvalue weighted by Gasteiger charge is -2.28. The molecule has 0 unspecified atom stereocenters. The molecule has 11 heteroatoms. The fraction of sp³-hybridized carbons (Fsp3) is 0.116. The van der Waals surface area contributed by atoms with Crippen LogP contribution in [0.3, 0.4) is 0 Å². The van der Waals surface area contributed by atoms with Gasteiger partial charge in [-0.3, -0.25) is 0 Å². The quantitative estimate of drug-likeness (QED) is 0.0332. The van der Waals surface area contributed by atoms with Crippen LogP contribution in [-0.4, -0.2) is 47.2 Å². The van der Waals surface area contributed by atoms with Gasteiger partial charge in [0.2, 0.25) is 0 Å². The first-order valence-corrected chi connectivity index (χ1v) is 32.3. The van der Waals surface area contributed by atoms with Crippen LogP contribution in [0.4, 0.5) is 56.9 Å². The van der Waals surface area contributed by atoms with Gasteiger partial charge in [0, 0.05) is 86.1 Å². The molecule has 0 radical (unpaired) electrons. The van der Waals surface area contributed by atoms with Gasteiger partial charge in [-0.2, -0.15) is 0 Å². The molecule has 0 N–H and O–H groups in total. The Kier molecular flexibility index (Phi) is 19.1. The molecule has 1 heterocycles. The molecular formula is C86H75N5O6. The van der Waals surface area contributed by atoms with Gasteiger partial charge in [0.25, 0.3) is 0 Å². The van der Waals surface area contributed by atoms with Gasteiger partial charge >= 0.3 is 0 Å². The second-order valence-corrected chi connectivity index (χ2v) is 23.3. The zero-order valence-electron chi connectivity index (χ0n) is 55.7. The van der Waals surface area contributed by atoms with E-state index in [1.165, 1.54) is 0 Å². The Hall–Kier alpha value is -12.1. The van der Waals surface area contributed by atoms with Crippen LogP contribution in [0.15, 0.2) is 320 Å². The molecule has 0 spiro atoms. The lowest BCUT2D eigenvalue weighted by molar-refractivity contribution is 0.185. The molecule has 1 aliphatic rings. The van der Waals surface area contributed by atoms with Gasteiger partial charge in [0.05, 0.1) is 64.6 Å². The summed E-state index contributed by atoms with van der Waals surface area (Å²) in [5.74, 6) is 3.81. The van der Waals surface area contributed by atoms with Crippen molar-refractivity contribution in [3.05, 3.63) is 325 Å². The molecule has 0 fully saturated rings. The highest BCUT2D eigenvalue weighted by molar-refractivity contribution is 6.12. The molecule has 0 amide bonds. The standard InChI is InChI=1S/C86H75N5O6/c1-9-66(26-15-60(2)93-4)87(73-37-47-79(94-5)48-38-73)69-29-18-62(19-30-69)64-22-33-71(34-23-64)89(68-27-16-61(17-28-68)59-92-3)77-45-55-85-83(57-77)84-58-78(46-56-86(84)91(85)67-13-11-10-12-14-67)90(76-43-53-82(97-8)54-44-76)72-35-24-65(25-36-72)63-20-31-70(32-21-63)88(74-39-49-80(95-6)50-40-74)75-41-51-81(96-7)52-42-75/h10-41,43-51,53-58H,9,59H2,1-8H3. The maximum atomic E-state index is 5.70. The van der Waals surface area contributed by atoms with Crippen molar-refractivity contribution in [2.24, 2.45) is 0 Å². The number of allylic oxidation sites excluding steroid dienone is 6. The summed E-state index contributed by atoms with van der Waals surface area (Å²) >= 11 is 0. The maximum Gasteiger partial charge on any atom is 0.170 e. The van der Waals surface area contributed by atoms with E-state index in [0.29, 0.717) is 12.4 Å². The zero-order chi connectivity index (χ0) is 66.8. The fourth-order valence-corrected chi connectivity index (χ4v) is 12.5. The van der Waals surface area contributed by atoms with E-state index in [-0.39, 0.29) is 0 Å². The van der Waals surface area contributed by atoms with Crippen LogP contribution in [0, 0.1) is 0 Å². The van der Waals surface area contributed by atoms with Crippen molar-refractivity contribution >= 4 is 78.7 Å². The molecule has 13 rings (SSSR count). The molecule has 0 saturated heterocycles. The number of hydrogen-bond acceptors (Lipinski definition) is 10. The van der Waals surface area contributed by atoms with E-state index in [9.17, 15) is 0 Å². The molecule has 12 aromatic rings. The molecule has 11 nitrogen and oxygen atoms in total. The molecule has 0 bridgehead atoms. The minimum Gasteiger partial charge on any atom is -0.501 e. The number of rotatable bonds is 24. The van der Waals surface area contributed by atoms with Crippen LogP contribution in [0.1, 0.15) is 25.8 Å². The Morgan fingerprint density at radius 3 is 1.16 bits per heavy atom. The Bertz CT molecular complexity index is 4930. The first-order valence-electron chi connectivity index (χ1n) is 32.3. The van der Waals surface area contributed by atoms with E-state index in [0.717, 1.165) is 153 Å². The number of aromatic nitrogens is 1. The first-order chi connectivity index (χ1) is 47.6. The van der Waals surface area contributed by atoms with Crippen molar-refractivity contribution in [2.45, 2.75) is 26.9 Å². The number of fused-ring (bicyclic) bond motifs is 3. The number of para-hydroxylation sites is 1. The van der Waals surface area contributed by atoms with Crippen molar-refractivity contribution in [3.8, 4) is 45.2 Å². The lowest BCUT2D eigenvalue weighted by Crippen LogP contribution is -2.16. The Labute approximate surface area is 568 Å². The van der Waals surface area contributed by atoms with Gasteiger partial charge in [0.15, 0.2) is 5.76 Å². The van der Waals surface area contributed by atoms with Gasteiger partial charge in [-0.15, -0.1) is 0 Å². The summed E-state index contributed by atoms with van der Waals surface area (Å²) < 4.78 is 35.6. The molecule has 0 atom stereocenters. The van der Waals surface area contributed by atoms with Gasteiger partial charge in [0.1, 0.15) is 17.2 Å². The highest BCUT2D eigenvalue weighted by atomic mass is 16.5. The fourth-order valence-electron chi connectivity index (χ4n) is 12.5. The van der Waals surface area contributed by atoms with Crippen LogP contribution >= 0.6 is 0 Å². The predicted molar refractivity (Wildman–Crippen MR) is 398 cm³/mol. The molecule has 0 saturated carbocycles. The number of anilines is 10. The SMILES string of the molecule is CCC(=CC=C(C)OC)N(c1ccc(OC)cc1)c1ccc(-c2ccc(N(c3ccc(COC)cc3)c3ccc4c(c3)c3cc(N(c5ccc(OC)cc5)c5ccc(-c6ccc(N(C7=C=C=C(OC)C=C7)c7ccc(OC)cc7)cc6)cc5)ccc3n4-c3ccccc3)cc2)cc1. The summed E-state index contributed by atoms with van der Waals surface area (Å²) in [6.45, 7) is 4.65. The Morgan fingerprint density at radius 1 is 0.392 bits per heavy atom. The summed E-state index contributed by atoms with van der Waals surface area (Å²) in [7, 11) is 10.1. The van der Waals surface area contributed by atoms with Crippen LogP contribution < -0.4 is 33.8 Å². The summed E-state index contributed by atoms with van der Waals surface area (Å²) in [4.78, 5) is 9.10. The van der Waals surface area contributed by atoms with Crippen LogP contribution in [0.2, 0.25) is 0 Å². The minimum absolute atomic E-state index is 0.515. The zero-order valence-corrected chi connectivity index (χ0v) is 55.7. The van der Waals surface area contributed by atoms with Crippen molar-refractivity contribution < 1.29 is 28.4 Å². The van der Waals surface area contributed by atoms with E-state index in [1.54, 1.807) is 42.7 Å². The second-order valence-electron chi connectivity index (χ2n) is 23.3. The second kappa shape index (κ2) is 29.0. The lowest BCUT2D eigenvalue weighted by atomic mass is 10.0. The third-order valence-corrected chi connectivity index (χ3v) is 17.6. The largest absolute Gasteiger partial charge is 0.501 e. The third-order valence-electron chi connectivity index (χ3n) is 17.6. The van der Waals surface area contributed by atoms with Gasteiger partial charge < -0.3 is 52.6 Å². The average molecular weight is 1270 g/mol. The van der Waals surface area contributed by atoms with E-state index >= 15 is 0 Å². The third kappa shape index (κ3) is 13.5. The van der Waals surface area contributed by atoms with Crippen LogP contribution in [0.5, 0.6) is 17.2 Å². The summed E-state index contributed by atoms with van der Waals surface area (Å²) in [5.41, 5.74) is 27.1. The summed E-state index contributed by atoms with van der Waals surface area (Å²) in [6.07, 6.45) is 8.84. The van der Waals surface area contributed by atoms with E-state index in [4.69, 9.17) is 28.4 Å². The highest BCUT2D eigenvalue weighted by Crippen LogP contribution is 2.45. The normalized spacial score (nSPS) is 12.1. The van der Waals surface area contributed by atoms with E-state index < -0.39 is 0 Å². The van der Waals surface area contributed by atoms with Crippen molar-refractivity contribution in [1.29, 1.82) is 0 Å². The molecule has 97 heavy (non-hydrogen) atoms. The number of benzene rings is 11. The van der Waals surface area contributed by atoms with Crippen LogP contribution in [-0.2, 0) is 20.8 Å². The van der Waals surface area contributed by atoms with Crippen LogP contribution in [0.25, 0.3) is 49.7 Å². The van der Waals surface area contributed by atoms with Gasteiger partial charge in [-0.25, -0.2) is 0 Å². The highest BCUT2D eigenvalue weighted by Gasteiger charge is 2.23. The summed E-state index contributed by atoms with van der Waals surface area (Å²) in [5, 5.41) is 2.21. The van der Waals surface area contributed by atoms with Gasteiger partial charge in [-0.05, 0) is 259 Å². The number of ether oxygens (including phenoxy) is 6. The number of nitrogens with zero attached hydrogens (tertiary/aromatic N) is 5. The smallest absolute Gasteiger partial charge is 0.170 e. The molecule has 1 aliphatic carbocycles. The van der Waals surface area contributed by atoms with Crippen molar-refractivity contribution in [3.63, 3.8) is 0 Å². The molecular weight excluding hydrogens is 1200 g/mol. The maximum absolute atomic E-state index is 5.70. The van der Waals surface area contributed by atoms with Crippen molar-refractivity contribution in [2.75, 3.05) is 62.3 Å².